The zero-order valence-electron chi connectivity index (χ0n) is 8.52. The largest absolute Gasteiger partial charge is 0.384 e. The molecule has 16 heavy (non-hydrogen) atoms. The van der Waals surface area contributed by atoms with E-state index in [9.17, 15) is 0 Å². The highest BCUT2D eigenvalue weighted by molar-refractivity contribution is 6.31. The van der Waals surface area contributed by atoms with E-state index in [0.29, 0.717) is 17.1 Å². The number of nitrogens with zero attached hydrogens (tertiary/aromatic N) is 2. The third-order valence-electron chi connectivity index (χ3n) is 2.28. The summed E-state index contributed by atoms with van der Waals surface area (Å²) in [6.45, 7) is 0.664. The maximum atomic E-state index is 7.30. The lowest BCUT2D eigenvalue weighted by molar-refractivity contribution is 0.797. The number of benzene rings is 1. The third kappa shape index (κ3) is 2.23. The highest BCUT2D eigenvalue weighted by Crippen LogP contribution is 2.18. The number of imidazole rings is 1. The van der Waals surface area contributed by atoms with Crippen LogP contribution in [0.2, 0.25) is 5.02 Å². The molecule has 0 atom stereocenters. The number of nitrogen functional groups attached to an aromatic ring is 1. The standard InChI is InChI=1S/C11H11ClN4/c12-10-5-8(11(13)14)1-2-9(10)6-16-4-3-15-7-16/h1-5,7H,6H2,(H3,13,14). The van der Waals surface area contributed by atoms with Gasteiger partial charge in [-0.3, -0.25) is 5.41 Å². The van der Waals surface area contributed by atoms with Gasteiger partial charge in [-0.2, -0.15) is 0 Å². The minimum atomic E-state index is 0.0241. The highest BCUT2D eigenvalue weighted by atomic mass is 35.5. The van der Waals surface area contributed by atoms with Gasteiger partial charge in [0.1, 0.15) is 5.84 Å². The topological polar surface area (TPSA) is 67.7 Å². The van der Waals surface area contributed by atoms with Gasteiger partial charge in [-0.05, 0) is 11.6 Å². The molecule has 1 aromatic carbocycles. The van der Waals surface area contributed by atoms with Gasteiger partial charge in [0.2, 0.25) is 0 Å². The molecule has 0 spiro atoms. The Labute approximate surface area is 98.2 Å². The van der Waals surface area contributed by atoms with Crippen molar-refractivity contribution in [2.24, 2.45) is 5.73 Å². The Bertz CT molecular complexity index is 505. The summed E-state index contributed by atoms with van der Waals surface area (Å²) in [5.41, 5.74) is 6.99. The molecule has 4 nitrogen and oxygen atoms in total. The maximum Gasteiger partial charge on any atom is 0.122 e. The van der Waals surface area contributed by atoms with Crippen molar-refractivity contribution >= 4 is 17.4 Å². The molecule has 2 aromatic rings. The Hall–Kier alpha value is -1.81. The summed E-state index contributed by atoms with van der Waals surface area (Å²) >= 11 is 6.10. The second-order valence-corrected chi connectivity index (χ2v) is 3.86. The lowest BCUT2D eigenvalue weighted by atomic mass is 10.1. The molecule has 82 valence electrons. The van der Waals surface area contributed by atoms with Gasteiger partial charge in [0.15, 0.2) is 0 Å². The van der Waals surface area contributed by atoms with Gasteiger partial charge < -0.3 is 10.3 Å². The number of hydrogen-bond donors (Lipinski definition) is 2. The van der Waals surface area contributed by atoms with Crippen LogP contribution in [0, 0.1) is 5.41 Å². The molecule has 0 bridgehead atoms. The van der Waals surface area contributed by atoms with Gasteiger partial charge >= 0.3 is 0 Å². The van der Waals surface area contributed by atoms with E-state index >= 15 is 0 Å². The van der Waals surface area contributed by atoms with Crippen LogP contribution in [0.25, 0.3) is 0 Å². The molecule has 0 fully saturated rings. The number of hydrogen-bond acceptors (Lipinski definition) is 2. The summed E-state index contributed by atoms with van der Waals surface area (Å²) in [4.78, 5) is 3.96. The fraction of sp³-hybridized carbons (Fsp3) is 0.0909. The predicted molar refractivity (Wildman–Crippen MR) is 63.8 cm³/mol. The Morgan fingerprint density at radius 1 is 1.50 bits per heavy atom. The molecule has 2 rings (SSSR count). The van der Waals surface area contributed by atoms with Crippen molar-refractivity contribution in [1.82, 2.24) is 9.55 Å². The van der Waals surface area contributed by atoms with Gasteiger partial charge in [0, 0.05) is 29.5 Å². The van der Waals surface area contributed by atoms with Gasteiger partial charge in [-0.25, -0.2) is 4.98 Å². The van der Waals surface area contributed by atoms with E-state index in [2.05, 4.69) is 4.98 Å². The van der Waals surface area contributed by atoms with Crippen LogP contribution in [0.4, 0.5) is 0 Å². The highest BCUT2D eigenvalue weighted by Gasteiger charge is 2.04. The van der Waals surface area contributed by atoms with Crippen molar-refractivity contribution in [1.29, 1.82) is 5.41 Å². The number of halogens is 1. The van der Waals surface area contributed by atoms with E-state index in [1.807, 2.05) is 16.8 Å². The Morgan fingerprint density at radius 3 is 2.88 bits per heavy atom. The van der Waals surface area contributed by atoms with Crippen LogP contribution in [0.1, 0.15) is 11.1 Å². The first kappa shape index (κ1) is 10.7. The summed E-state index contributed by atoms with van der Waals surface area (Å²) in [6, 6.07) is 5.37. The van der Waals surface area contributed by atoms with Gasteiger partial charge in [-0.15, -0.1) is 0 Å². The predicted octanol–water partition coefficient (Wildman–Crippen LogP) is 1.87. The number of amidine groups is 1. The Kier molecular flexibility index (Phi) is 2.92. The fourth-order valence-electron chi connectivity index (χ4n) is 1.42. The van der Waals surface area contributed by atoms with Gasteiger partial charge in [-0.1, -0.05) is 23.7 Å². The van der Waals surface area contributed by atoms with Gasteiger partial charge in [0.05, 0.1) is 6.33 Å². The summed E-state index contributed by atoms with van der Waals surface area (Å²) in [5.74, 6) is 0.0241. The molecular formula is C11H11ClN4. The zero-order valence-corrected chi connectivity index (χ0v) is 9.28. The fourth-order valence-corrected chi connectivity index (χ4v) is 1.66. The van der Waals surface area contributed by atoms with Gasteiger partial charge in [0.25, 0.3) is 0 Å². The van der Waals surface area contributed by atoms with Crippen molar-refractivity contribution in [2.45, 2.75) is 6.54 Å². The van der Waals surface area contributed by atoms with E-state index in [-0.39, 0.29) is 5.84 Å². The number of nitrogens with one attached hydrogen (secondary N) is 1. The van der Waals surface area contributed by atoms with Crippen LogP contribution < -0.4 is 5.73 Å². The van der Waals surface area contributed by atoms with Crippen molar-refractivity contribution in [3.05, 3.63) is 53.1 Å². The average Bonchev–Trinajstić information content (AvgIpc) is 2.73. The minimum Gasteiger partial charge on any atom is -0.384 e. The van der Waals surface area contributed by atoms with E-state index in [1.165, 1.54) is 0 Å². The summed E-state index contributed by atoms with van der Waals surface area (Å²) in [5, 5.41) is 7.92. The molecule has 1 heterocycles. The number of aromatic nitrogens is 2. The minimum absolute atomic E-state index is 0.0241. The first-order valence-electron chi connectivity index (χ1n) is 4.75. The quantitative estimate of drug-likeness (QED) is 0.629. The molecule has 0 unspecified atom stereocenters. The lowest BCUT2D eigenvalue weighted by Crippen LogP contribution is -2.11. The monoisotopic (exact) mass is 234 g/mol. The normalized spacial score (nSPS) is 10.3. The van der Waals surface area contributed by atoms with Crippen LogP contribution >= 0.6 is 11.6 Å². The van der Waals surface area contributed by atoms with E-state index < -0.39 is 0 Å². The van der Waals surface area contributed by atoms with Crippen LogP contribution in [0.3, 0.4) is 0 Å². The van der Waals surface area contributed by atoms with E-state index in [1.54, 1.807) is 24.7 Å². The molecule has 1 aromatic heterocycles. The first-order chi connectivity index (χ1) is 7.66. The average molecular weight is 235 g/mol. The van der Waals surface area contributed by atoms with Crippen molar-refractivity contribution in [2.75, 3.05) is 0 Å². The van der Waals surface area contributed by atoms with Crippen molar-refractivity contribution in [3.8, 4) is 0 Å². The second kappa shape index (κ2) is 4.37. The molecular weight excluding hydrogens is 224 g/mol. The van der Waals surface area contributed by atoms with Crippen LogP contribution in [-0.4, -0.2) is 15.4 Å². The Morgan fingerprint density at radius 2 is 2.31 bits per heavy atom. The molecule has 0 saturated heterocycles. The molecule has 3 N–H and O–H groups in total. The molecule has 0 radical (unpaired) electrons. The molecule has 0 saturated carbocycles. The first-order valence-corrected chi connectivity index (χ1v) is 5.13. The number of rotatable bonds is 3. The summed E-state index contributed by atoms with van der Waals surface area (Å²) in [6.07, 6.45) is 5.32. The summed E-state index contributed by atoms with van der Waals surface area (Å²) < 4.78 is 1.93. The van der Waals surface area contributed by atoms with E-state index in [0.717, 1.165) is 5.56 Å². The second-order valence-electron chi connectivity index (χ2n) is 3.45. The lowest BCUT2D eigenvalue weighted by Gasteiger charge is -2.07. The molecule has 0 aliphatic carbocycles. The smallest absolute Gasteiger partial charge is 0.122 e. The van der Waals surface area contributed by atoms with Crippen LogP contribution in [0.5, 0.6) is 0 Å². The zero-order chi connectivity index (χ0) is 11.5. The van der Waals surface area contributed by atoms with Crippen molar-refractivity contribution in [3.63, 3.8) is 0 Å². The Balaban J connectivity index is 2.26. The molecule has 0 amide bonds. The molecule has 0 aliphatic heterocycles. The summed E-state index contributed by atoms with van der Waals surface area (Å²) in [7, 11) is 0. The third-order valence-corrected chi connectivity index (χ3v) is 2.63. The maximum absolute atomic E-state index is 7.30. The van der Waals surface area contributed by atoms with Crippen LogP contribution in [-0.2, 0) is 6.54 Å². The number of nitrogens with two attached hydrogens (primary N) is 1. The molecule has 0 aliphatic rings. The van der Waals surface area contributed by atoms with Crippen molar-refractivity contribution < 1.29 is 0 Å². The van der Waals surface area contributed by atoms with Crippen LogP contribution in [0.15, 0.2) is 36.9 Å². The SMILES string of the molecule is N=C(N)c1ccc(Cn2ccnc2)c(Cl)c1. The van der Waals surface area contributed by atoms with E-state index in [4.69, 9.17) is 22.7 Å². The molecule has 5 heteroatoms.